The number of carboxylic acids is 1. The fraction of sp³-hybridized carbons (Fsp3) is 0.333. The van der Waals surface area contributed by atoms with Crippen molar-refractivity contribution in [1.82, 2.24) is 5.32 Å². The van der Waals surface area contributed by atoms with Gasteiger partial charge in [0.15, 0.2) is 0 Å². The van der Waals surface area contributed by atoms with Gasteiger partial charge in [0.1, 0.15) is 6.04 Å². The zero-order valence-corrected chi connectivity index (χ0v) is 8.72. The number of amides is 1. The van der Waals surface area contributed by atoms with Crippen molar-refractivity contribution in [3.05, 3.63) is 21.9 Å². The summed E-state index contributed by atoms with van der Waals surface area (Å²) in [5.41, 5.74) is 1.00. The van der Waals surface area contributed by atoms with E-state index >= 15 is 0 Å². The number of aryl methyl sites for hydroxylation is 1. The lowest BCUT2D eigenvalue weighted by Gasteiger charge is -2.07. The molecule has 4 nitrogen and oxygen atoms in total. The molecule has 0 aliphatic carbocycles. The summed E-state index contributed by atoms with van der Waals surface area (Å²) in [7, 11) is 0. The molecule has 1 rings (SSSR count). The molecule has 0 aliphatic rings. The van der Waals surface area contributed by atoms with Crippen molar-refractivity contribution in [1.29, 1.82) is 0 Å². The van der Waals surface area contributed by atoms with Gasteiger partial charge in [-0.25, -0.2) is 0 Å². The van der Waals surface area contributed by atoms with Crippen LogP contribution in [0.15, 0.2) is 11.4 Å². The molecule has 0 spiro atoms. The van der Waals surface area contributed by atoms with E-state index in [-0.39, 0.29) is 5.91 Å². The van der Waals surface area contributed by atoms with Crippen molar-refractivity contribution in [3.8, 4) is 0 Å². The fourth-order valence-electron chi connectivity index (χ4n) is 0.880. The van der Waals surface area contributed by atoms with Crippen molar-refractivity contribution >= 4 is 23.2 Å². The van der Waals surface area contributed by atoms with Crippen molar-refractivity contribution in [3.63, 3.8) is 0 Å². The Morgan fingerprint density at radius 3 is 2.64 bits per heavy atom. The lowest BCUT2D eigenvalue weighted by molar-refractivity contribution is -0.138. The number of nitrogens with one attached hydrogen (secondary N) is 1. The van der Waals surface area contributed by atoms with E-state index in [1.165, 1.54) is 18.3 Å². The molecule has 76 valence electrons. The van der Waals surface area contributed by atoms with E-state index < -0.39 is 12.0 Å². The summed E-state index contributed by atoms with van der Waals surface area (Å²) in [5, 5.41) is 12.8. The van der Waals surface area contributed by atoms with Gasteiger partial charge in [0.25, 0.3) is 5.91 Å². The van der Waals surface area contributed by atoms with Crippen LogP contribution in [-0.4, -0.2) is 23.0 Å². The van der Waals surface area contributed by atoms with Crippen LogP contribution >= 0.6 is 11.3 Å². The zero-order valence-electron chi connectivity index (χ0n) is 7.90. The van der Waals surface area contributed by atoms with Gasteiger partial charge < -0.3 is 10.4 Å². The quantitative estimate of drug-likeness (QED) is 0.794. The lowest BCUT2D eigenvalue weighted by Crippen LogP contribution is -2.37. The summed E-state index contributed by atoms with van der Waals surface area (Å²) in [6.45, 7) is 3.31. The van der Waals surface area contributed by atoms with Crippen LogP contribution in [0.3, 0.4) is 0 Å². The first-order valence-corrected chi connectivity index (χ1v) is 4.97. The molecule has 0 saturated carbocycles. The molecule has 14 heavy (non-hydrogen) atoms. The summed E-state index contributed by atoms with van der Waals surface area (Å²) in [5.74, 6) is -1.37. The smallest absolute Gasteiger partial charge is 0.325 e. The minimum absolute atomic E-state index is 0.335. The van der Waals surface area contributed by atoms with Crippen molar-refractivity contribution in [2.45, 2.75) is 19.9 Å². The molecule has 0 aliphatic heterocycles. The first kappa shape index (κ1) is 10.7. The normalized spacial score (nSPS) is 12.1. The van der Waals surface area contributed by atoms with E-state index in [9.17, 15) is 9.59 Å². The van der Waals surface area contributed by atoms with E-state index in [0.717, 1.165) is 5.56 Å². The Balaban J connectivity index is 2.63. The first-order chi connectivity index (χ1) is 6.50. The lowest BCUT2D eigenvalue weighted by atomic mass is 10.3. The Kier molecular flexibility index (Phi) is 3.24. The number of thiophene rings is 1. The van der Waals surface area contributed by atoms with Crippen molar-refractivity contribution < 1.29 is 14.7 Å². The van der Waals surface area contributed by atoms with E-state index in [1.807, 2.05) is 12.3 Å². The van der Waals surface area contributed by atoms with Crippen LogP contribution < -0.4 is 5.32 Å². The van der Waals surface area contributed by atoms with Gasteiger partial charge in [0.2, 0.25) is 0 Å². The monoisotopic (exact) mass is 213 g/mol. The van der Waals surface area contributed by atoms with Crippen LogP contribution in [0.25, 0.3) is 0 Å². The highest BCUT2D eigenvalue weighted by atomic mass is 32.1. The van der Waals surface area contributed by atoms with E-state index in [2.05, 4.69) is 5.32 Å². The topological polar surface area (TPSA) is 66.4 Å². The Morgan fingerprint density at radius 2 is 2.21 bits per heavy atom. The van der Waals surface area contributed by atoms with Gasteiger partial charge in [0, 0.05) is 0 Å². The molecule has 1 amide bonds. The van der Waals surface area contributed by atoms with Crippen LogP contribution in [0.5, 0.6) is 0 Å². The second kappa shape index (κ2) is 4.23. The number of hydrogen-bond donors (Lipinski definition) is 2. The van der Waals surface area contributed by atoms with Gasteiger partial charge >= 0.3 is 5.97 Å². The van der Waals surface area contributed by atoms with E-state index in [0.29, 0.717) is 4.88 Å². The molecule has 0 radical (unpaired) electrons. The van der Waals surface area contributed by atoms with Gasteiger partial charge in [-0.1, -0.05) is 0 Å². The number of carbonyl (C=O) groups excluding carboxylic acids is 1. The molecule has 0 fully saturated rings. The number of hydrogen-bond acceptors (Lipinski definition) is 3. The van der Waals surface area contributed by atoms with Gasteiger partial charge in [-0.3, -0.25) is 9.59 Å². The second-order valence-corrected chi connectivity index (χ2v) is 3.93. The molecule has 0 aromatic carbocycles. The summed E-state index contributed by atoms with van der Waals surface area (Å²) in [4.78, 5) is 22.4. The molecule has 0 unspecified atom stereocenters. The number of aliphatic carboxylic acids is 1. The largest absolute Gasteiger partial charge is 0.480 e. The maximum absolute atomic E-state index is 11.4. The van der Waals surface area contributed by atoms with Crippen molar-refractivity contribution in [2.24, 2.45) is 0 Å². The number of carboxylic acid groups (broad SMARTS) is 1. The molecular weight excluding hydrogens is 202 g/mol. The molecule has 0 bridgehead atoms. The minimum atomic E-state index is -1.04. The summed E-state index contributed by atoms with van der Waals surface area (Å²) in [6.07, 6.45) is 0. The Bertz CT molecular complexity index is 359. The Hall–Kier alpha value is -1.36. The summed E-state index contributed by atoms with van der Waals surface area (Å²) in [6, 6.07) is 0.874. The average Bonchev–Trinajstić information content (AvgIpc) is 2.51. The third-order valence-corrected chi connectivity index (χ3v) is 2.72. The van der Waals surface area contributed by atoms with Gasteiger partial charge in [0.05, 0.1) is 4.88 Å². The van der Waals surface area contributed by atoms with Crippen molar-refractivity contribution in [2.75, 3.05) is 0 Å². The molecule has 1 heterocycles. The van der Waals surface area contributed by atoms with E-state index in [1.54, 1.807) is 6.07 Å². The van der Waals surface area contributed by atoms with E-state index in [4.69, 9.17) is 5.11 Å². The fourth-order valence-corrected chi connectivity index (χ4v) is 1.68. The van der Waals surface area contributed by atoms with Crippen LogP contribution in [-0.2, 0) is 4.79 Å². The third kappa shape index (κ3) is 2.56. The van der Waals surface area contributed by atoms with Crippen LogP contribution in [0.2, 0.25) is 0 Å². The highest BCUT2D eigenvalue weighted by molar-refractivity contribution is 7.12. The maximum atomic E-state index is 11.4. The van der Waals surface area contributed by atoms with Crippen LogP contribution in [0.4, 0.5) is 0 Å². The third-order valence-electron chi connectivity index (χ3n) is 1.67. The highest BCUT2D eigenvalue weighted by Crippen LogP contribution is 2.13. The van der Waals surface area contributed by atoms with Crippen LogP contribution in [0, 0.1) is 6.92 Å². The molecule has 0 saturated heterocycles. The Morgan fingerprint density at radius 1 is 1.57 bits per heavy atom. The molecule has 1 aromatic heterocycles. The molecule has 5 heteroatoms. The SMILES string of the molecule is Cc1csc(C(=O)N[C@@H](C)C(=O)O)c1. The zero-order chi connectivity index (χ0) is 10.7. The first-order valence-electron chi connectivity index (χ1n) is 4.09. The molecule has 2 N–H and O–H groups in total. The summed E-state index contributed by atoms with van der Waals surface area (Å²) >= 11 is 1.31. The molecular formula is C9H11NO3S. The minimum Gasteiger partial charge on any atom is -0.480 e. The second-order valence-electron chi connectivity index (χ2n) is 3.02. The van der Waals surface area contributed by atoms with Gasteiger partial charge in [-0.2, -0.15) is 0 Å². The number of carbonyl (C=O) groups is 2. The summed E-state index contributed by atoms with van der Waals surface area (Å²) < 4.78 is 0. The average molecular weight is 213 g/mol. The number of rotatable bonds is 3. The van der Waals surface area contributed by atoms with Gasteiger partial charge in [-0.05, 0) is 30.9 Å². The highest BCUT2D eigenvalue weighted by Gasteiger charge is 2.15. The Labute approximate surface area is 85.6 Å². The van der Waals surface area contributed by atoms with Gasteiger partial charge in [-0.15, -0.1) is 11.3 Å². The maximum Gasteiger partial charge on any atom is 0.325 e. The standard InChI is InChI=1S/C9H11NO3S/c1-5-3-7(14-4-5)8(11)10-6(2)9(12)13/h3-4,6H,1-2H3,(H,10,11)(H,12,13)/t6-/m0/s1. The molecule has 1 atom stereocenters. The van der Waals surface area contributed by atoms with Crippen LogP contribution in [0.1, 0.15) is 22.2 Å². The molecule has 1 aromatic rings. The predicted molar refractivity (Wildman–Crippen MR) is 53.6 cm³/mol. The predicted octanol–water partition coefficient (Wildman–Crippen LogP) is 1.26.